The summed E-state index contributed by atoms with van der Waals surface area (Å²) in [5, 5.41) is 8.15. The fourth-order valence-corrected chi connectivity index (χ4v) is 1.33. The highest BCUT2D eigenvalue weighted by Gasteiger charge is 2.07. The van der Waals surface area contributed by atoms with Crippen molar-refractivity contribution >= 4 is 23.3 Å². The lowest BCUT2D eigenvalue weighted by molar-refractivity contribution is -0.118. The first-order valence-electron chi connectivity index (χ1n) is 6.48. The van der Waals surface area contributed by atoms with Crippen LogP contribution in [0.4, 0.5) is 16.2 Å². The molecule has 0 unspecified atom stereocenters. The quantitative estimate of drug-likeness (QED) is 0.723. The highest BCUT2D eigenvalue weighted by Crippen LogP contribution is 2.14. The normalized spacial score (nSPS) is 10.0. The molecule has 1 aromatic rings. The van der Waals surface area contributed by atoms with Gasteiger partial charge >= 0.3 is 6.03 Å². The predicted molar refractivity (Wildman–Crippen MR) is 81.7 cm³/mol. The van der Waals surface area contributed by atoms with Crippen LogP contribution in [-0.4, -0.2) is 18.5 Å². The molecule has 1 aromatic carbocycles. The molecule has 5 nitrogen and oxygen atoms in total. The summed E-state index contributed by atoms with van der Waals surface area (Å²) in [6.07, 6.45) is 0. The molecule has 0 aliphatic heterocycles. The molecule has 3 amide bonds. The van der Waals surface area contributed by atoms with Crippen LogP contribution in [0.1, 0.15) is 20.8 Å². The van der Waals surface area contributed by atoms with Gasteiger partial charge in [0.05, 0.1) is 0 Å². The average Bonchev–Trinajstić information content (AvgIpc) is 2.38. The van der Waals surface area contributed by atoms with Gasteiger partial charge in [0.25, 0.3) is 0 Å². The minimum absolute atomic E-state index is 0.0371. The molecule has 0 aromatic heterocycles. The Hall–Kier alpha value is -2.30. The third-order valence-corrected chi connectivity index (χ3v) is 2.49. The first-order chi connectivity index (χ1) is 9.38. The van der Waals surface area contributed by atoms with E-state index in [1.54, 1.807) is 24.3 Å². The van der Waals surface area contributed by atoms with Crippen LogP contribution in [0.2, 0.25) is 0 Å². The number of carbonyl (C=O) groups excluding carboxylic acids is 2. The zero-order chi connectivity index (χ0) is 15.1. The number of urea groups is 1. The topological polar surface area (TPSA) is 70.2 Å². The minimum Gasteiger partial charge on any atom is -0.334 e. The number of hydrogen-bond acceptors (Lipinski definition) is 2. The zero-order valence-electron chi connectivity index (χ0n) is 12.1. The Balaban J connectivity index is 2.52. The number of carbonyl (C=O) groups is 2. The van der Waals surface area contributed by atoms with Crippen molar-refractivity contribution in [1.29, 1.82) is 0 Å². The van der Waals surface area contributed by atoms with E-state index in [1.807, 2.05) is 20.8 Å². The summed E-state index contributed by atoms with van der Waals surface area (Å²) in [6.45, 7) is 9.64. The second kappa shape index (κ2) is 7.33. The maximum atomic E-state index is 11.5. The van der Waals surface area contributed by atoms with Crippen molar-refractivity contribution in [3.8, 4) is 0 Å². The van der Waals surface area contributed by atoms with Crippen molar-refractivity contribution in [3.63, 3.8) is 0 Å². The Morgan fingerprint density at radius 2 is 1.60 bits per heavy atom. The fourth-order valence-electron chi connectivity index (χ4n) is 1.33. The average molecular weight is 275 g/mol. The lowest BCUT2D eigenvalue weighted by Crippen LogP contribution is -2.29. The summed E-state index contributed by atoms with van der Waals surface area (Å²) in [4.78, 5) is 23.1. The Morgan fingerprint density at radius 1 is 1.10 bits per heavy atom. The molecule has 0 atom stereocenters. The van der Waals surface area contributed by atoms with E-state index in [0.717, 1.165) is 5.57 Å². The second-order valence-electron chi connectivity index (χ2n) is 4.99. The highest BCUT2D eigenvalue weighted by molar-refractivity contribution is 5.93. The van der Waals surface area contributed by atoms with Crippen LogP contribution in [0, 0.1) is 5.92 Å². The van der Waals surface area contributed by atoms with Crippen molar-refractivity contribution < 1.29 is 9.59 Å². The van der Waals surface area contributed by atoms with Crippen molar-refractivity contribution in [2.75, 3.05) is 17.2 Å². The molecule has 0 aliphatic carbocycles. The Kier molecular flexibility index (Phi) is 5.77. The first kappa shape index (κ1) is 15.8. The molecule has 0 spiro atoms. The van der Waals surface area contributed by atoms with E-state index in [9.17, 15) is 9.59 Å². The molecular formula is C15H21N3O2. The summed E-state index contributed by atoms with van der Waals surface area (Å²) in [6, 6.07) is 6.67. The number of nitrogens with one attached hydrogen (secondary N) is 3. The fraction of sp³-hybridized carbons (Fsp3) is 0.333. The Labute approximate surface area is 119 Å². The Bertz CT molecular complexity index is 492. The summed E-state index contributed by atoms with van der Waals surface area (Å²) in [7, 11) is 0. The van der Waals surface area contributed by atoms with E-state index in [2.05, 4.69) is 22.5 Å². The smallest absolute Gasteiger partial charge is 0.319 e. The van der Waals surface area contributed by atoms with E-state index in [1.165, 1.54) is 0 Å². The van der Waals surface area contributed by atoms with Gasteiger partial charge in [-0.15, -0.1) is 0 Å². The van der Waals surface area contributed by atoms with E-state index >= 15 is 0 Å². The summed E-state index contributed by atoms with van der Waals surface area (Å²) in [5.41, 5.74) is 2.25. The van der Waals surface area contributed by atoms with Gasteiger partial charge in [-0.2, -0.15) is 0 Å². The third kappa shape index (κ3) is 5.56. The van der Waals surface area contributed by atoms with Crippen LogP contribution >= 0.6 is 0 Å². The lowest BCUT2D eigenvalue weighted by atomic mass is 10.2. The van der Waals surface area contributed by atoms with Gasteiger partial charge in [-0.1, -0.05) is 26.0 Å². The largest absolute Gasteiger partial charge is 0.334 e. The molecule has 0 bridgehead atoms. The van der Waals surface area contributed by atoms with Crippen molar-refractivity contribution in [3.05, 3.63) is 36.4 Å². The van der Waals surface area contributed by atoms with Crippen LogP contribution in [-0.2, 0) is 4.79 Å². The van der Waals surface area contributed by atoms with Gasteiger partial charge in [0.2, 0.25) is 5.91 Å². The monoisotopic (exact) mass is 275 g/mol. The van der Waals surface area contributed by atoms with Gasteiger partial charge in [-0.25, -0.2) is 4.79 Å². The van der Waals surface area contributed by atoms with Gasteiger partial charge in [0.15, 0.2) is 0 Å². The van der Waals surface area contributed by atoms with E-state index in [4.69, 9.17) is 0 Å². The van der Waals surface area contributed by atoms with Crippen molar-refractivity contribution in [1.82, 2.24) is 5.32 Å². The van der Waals surface area contributed by atoms with Crippen LogP contribution in [0.25, 0.3) is 0 Å². The molecule has 3 N–H and O–H groups in total. The van der Waals surface area contributed by atoms with Crippen molar-refractivity contribution in [2.45, 2.75) is 20.8 Å². The molecule has 0 saturated heterocycles. The molecule has 1 rings (SSSR count). The standard InChI is InChI=1S/C15H21N3O2/c1-10(2)9-16-15(20)18-13-7-5-12(6-8-13)17-14(19)11(3)4/h5-8,11H,1,9H2,2-4H3,(H,17,19)(H2,16,18,20). The second-order valence-corrected chi connectivity index (χ2v) is 4.99. The number of amides is 3. The third-order valence-electron chi connectivity index (χ3n) is 2.49. The van der Waals surface area contributed by atoms with Gasteiger partial charge < -0.3 is 16.0 Å². The molecule has 0 aliphatic rings. The van der Waals surface area contributed by atoms with Gasteiger partial charge in [0, 0.05) is 23.8 Å². The number of benzene rings is 1. The van der Waals surface area contributed by atoms with E-state index in [-0.39, 0.29) is 17.9 Å². The van der Waals surface area contributed by atoms with Gasteiger partial charge in [-0.05, 0) is 31.2 Å². The predicted octanol–water partition coefficient (Wildman–Crippen LogP) is 2.98. The number of hydrogen-bond donors (Lipinski definition) is 3. The number of anilines is 2. The SMILES string of the molecule is C=C(C)CNC(=O)Nc1ccc(NC(=O)C(C)C)cc1. The summed E-state index contributed by atoms with van der Waals surface area (Å²) in [5.74, 6) is -0.106. The van der Waals surface area contributed by atoms with Gasteiger partial charge in [0.1, 0.15) is 0 Å². The Morgan fingerprint density at radius 3 is 2.05 bits per heavy atom. The molecule has 0 radical (unpaired) electrons. The maximum absolute atomic E-state index is 11.5. The lowest BCUT2D eigenvalue weighted by Gasteiger charge is -2.10. The minimum atomic E-state index is -0.285. The molecule has 20 heavy (non-hydrogen) atoms. The molecule has 0 heterocycles. The maximum Gasteiger partial charge on any atom is 0.319 e. The van der Waals surface area contributed by atoms with Gasteiger partial charge in [-0.3, -0.25) is 4.79 Å². The zero-order valence-corrected chi connectivity index (χ0v) is 12.1. The van der Waals surface area contributed by atoms with Crippen LogP contribution < -0.4 is 16.0 Å². The summed E-state index contributed by atoms with van der Waals surface area (Å²) >= 11 is 0. The molecular weight excluding hydrogens is 254 g/mol. The van der Waals surface area contributed by atoms with E-state index < -0.39 is 0 Å². The molecule has 0 fully saturated rings. The first-order valence-corrected chi connectivity index (χ1v) is 6.48. The highest BCUT2D eigenvalue weighted by atomic mass is 16.2. The number of rotatable bonds is 5. The summed E-state index contributed by atoms with van der Waals surface area (Å²) < 4.78 is 0. The molecule has 108 valence electrons. The molecule has 5 heteroatoms. The van der Waals surface area contributed by atoms with Crippen LogP contribution in [0.15, 0.2) is 36.4 Å². The van der Waals surface area contributed by atoms with Crippen LogP contribution in [0.5, 0.6) is 0 Å². The molecule has 0 saturated carbocycles. The van der Waals surface area contributed by atoms with Crippen molar-refractivity contribution in [2.24, 2.45) is 5.92 Å². The van der Waals surface area contributed by atoms with Crippen LogP contribution in [0.3, 0.4) is 0 Å². The van der Waals surface area contributed by atoms with E-state index in [0.29, 0.717) is 17.9 Å².